The van der Waals surface area contributed by atoms with E-state index in [0.717, 1.165) is 22.2 Å². The number of rotatable bonds is 2. The van der Waals surface area contributed by atoms with Gasteiger partial charge in [0.25, 0.3) is 0 Å². The van der Waals surface area contributed by atoms with Crippen LogP contribution in [0.25, 0.3) is 10.9 Å². The summed E-state index contributed by atoms with van der Waals surface area (Å²) in [7, 11) is 0. The van der Waals surface area contributed by atoms with E-state index in [1.165, 1.54) is 0 Å². The Balaban J connectivity index is 2.48. The smallest absolute Gasteiger partial charge is 0.241 e. The van der Waals surface area contributed by atoms with E-state index in [-0.39, 0.29) is 5.91 Å². The zero-order valence-electron chi connectivity index (χ0n) is 9.90. The van der Waals surface area contributed by atoms with Crippen molar-refractivity contribution < 1.29 is 4.79 Å². The molecule has 1 amide bonds. The Labute approximate surface area is 99.8 Å². The van der Waals surface area contributed by atoms with Crippen molar-refractivity contribution in [1.29, 1.82) is 0 Å². The standard InChI is InChI=1S/C13H15N3O/c1-8-5-6-11(16-13(17)9(2)14)10-4-3-7-15-12(8)10/h3-7,9H,14H2,1-2H3,(H,16,17)/t9-/m0/s1. The van der Waals surface area contributed by atoms with Crippen LogP contribution in [-0.2, 0) is 4.79 Å². The molecule has 1 aromatic carbocycles. The largest absolute Gasteiger partial charge is 0.324 e. The molecule has 0 bridgehead atoms. The number of nitrogens with one attached hydrogen (secondary N) is 1. The molecule has 0 aliphatic carbocycles. The van der Waals surface area contributed by atoms with Crippen LogP contribution in [0.2, 0.25) is 0 Å². The van der Waals surface area contributed by atoms with Gasteiger partial charge in [0.2, 0.25) is 5.91 Å². The Kier molecular flexibility index (Phi) is 3.06. The summed E-state index contributed by atoms with van der Waals surface area (Å²) in [5.74, 6) is -0.195. The van der Waals surface area contributed by atoms with Crippen molar-refractivity contribution >= 4 is 22.5 Å². The van der Waals surface area contributed by atoms with Gasteiger partial charge >= 0.3 is 0 Å². The van der Waals surface area contributed by atoms with E-state index in [9.17, 15) is 4.79 Å². The average molecular weight is 229 g/mol. The van der Waals surface area contributed by atoms with E-state index in [4.69, 9.17) is 5.73 Å². The number of amides is 1. The number of fused-ring (bicyclic) bond motifs is 1. The molecule has 0 unspecified atom stereocenters. The van der Waals surface area contributed by atoms with E-state index < -0.39 is 6.04 Å². The third-order valence-corrected chi connectivity index (χ3v) is 2.64. The highest BCUT2D eigenvalue weighted by atomic mass is 16.2. The lowest BCUT2D eigenvalue weighted by Crippen LogP contribution is -2.32. The average Bonchev–Trinajstić information content (AvgIpc) is 2.33. The maximum Gasteiger partial charge on any atom is 0.241 e. The molecule has 0 saturated heterocycles. The fraction of sp³-hybridized carbons (Fsp3) is 0.231. The normalized spacial score (nSPS) is 12.4. The van der Waals surface area contributed by atoms with Gasteiger partial charge in [-0.25, -0.2) is 0 Å². The van der Waals surface area contributed by atoms with Gasteiger partial charge in [0.05, 0.1) is 17.2 Å². The van der Waals surface area contributed by atoms with Gasteiger partial charge in [0.15, 0.2) is 0 Å². The van der Waals surface area contributed by atoms with Gasteiger partial charge in [-0.1, -0.05) is 6.07 Å². The van der Waals surface area contributed by atoms with Crippen LogP contribution in [0.3, 0.4) is 0 Å². The van der Waals surface area contributed by atoms with Crippen LogP contribution in [0.1, 0.15) is 12.5 Å². The molecule has 0 fully saturated rings. The minimum Gasteiger partial charge on any atom is -0.324 e. The van der Waals surface area contributed by atoms with Crippen LogP contribution < -0.4 is 11.1 Å². The predicted molar refractivity (Wildman–Crippen MR) is 68.8 cm³/mol. The second-order valence-electron chi connectivity index (χ2n) is 4.11. The first-order valence-corrected chi connectivity index (χ1v) is 5.50. The van der Waals surface area contributed by atoms with Crippen molar-refractivity contribution in [3.63, 3.8) is 0 Å². The number of carbonyl (C=O) groups excluding carboxylic acids is 1. The molecule has 0 aliphatic rings. The van der Waals surface area contributed by atoms with Gasteiger partial charge in [0, 0.05) is 11.6 Å². The number of hydrogen-bond acceptors (Lipinski definition) is 3. The fourth-order valence-corrected chi connectivity index (χ4v) is 1.67. The van der Waals surface area contributed by atoms with E-state index in [1.807, 2.05) is 31.2 Å². The fourth-order valence-electron chi connectivity index (χ4n) is 1.67. The van der Waals surface area contributed by atoms with Gasteiger partial charge < -0.3 is 11.1 Å². The summed E-state index contributed by atoms with van der Waals surface area (Å²) >= 11 is 0. The second kappa shape index (κ2) is 4.51. The molecule has 0 aliphatic heterocycles. The molecule has 0 radical (unpaired) electrons. The van der Waals surface area contributed by atoms with Crippen LogP contribution in [0.15, 0.2) is 30.5 Å². The van der Waals surface area contributed by atoms with Crippen molar-refractivity contribution in [2.45, 2.75) is 19.9 Å². The van der Waals surface area contributed by atoms with Crippen molar-refractivity contribution in [1.82, 2.24) is 4.98 Å². The quantitative estimate of drug-likeness (QED) is 0.825. The van der Waals surface area contributed by atoms with E-state index in [1.54, 1.807) is 13.1 Å². The Morgan fingerprint density at radius 2 is 2.18 bits per heavy atom. The summed E-state index contributed by atoms with van der Waals surface area (Å²) in [6.45, 7) is 3.65. The number of benzene rings is 1. The van der Waals surface area contributed by atoms with Gasteiger partial charge in [-0.15, -0.1) is 0 Å². The highest BCUT2D eigenvalue weighted by Gasteiger charge is 2.10. The molecule has 1 heterocycles. The molecule has 4 heteroatoms. The van der Waals surface area contributed by atoms with Crippen LogP contribution in [0.5, 0.6) is 0 Å². The van der Waals surface area contributed by atoms with Crippen molar-refractivity contribution in [3.8, 4) is 0 Å². The van der Waals surface area contributed by atoms with Crippen LogP contribution in [0.4, 0.5) is 5.69 Å². The van der Waals surface area contributed by atoms with Gasteiger partial charge in [-0.2, -0.15) is 0 Å². The highest BCUT2D eigenvalue weighted by Crippen LogP contribution is 2.24. The molecule has 4 nitrogen and oxygen atoms in total. The Morgan fingerprint density at radius 1 is 1.41 bits per heavy atom. The SMILES string of the molecule is Cc1ccc(NC(=O)[C@H](C)N)c2cccnc12. The third kappa shape index (κ3) is 2.26. The third-order valence-electron chi connectivity index (χ3n) is 2.64. The number of aryl methyl sites for hydroxylation is 1. The highest BCUT2D eigenvalue weighted by molar-refractivity contribution is 6.03. The van der Waals surface area contributed by atoms with Gasteiger partial charge in [0.1, 0.15) is 0 Å². The van der Waals surface area contributed by atoms with Gasteiger partial charge in [-0.3, -0.25) is 9.78 Å². The zero-order valence-corrected chi connectivity index (χ0v) is 9.90. The van der Waals surface area contributed by atoms with Crippen molar-refractivity contribution in [2.24, 2.45) is 5.73 Å². The molecule has 0 spiro atoms. The maximum atomic E-state index is 11.6. The Bertz CT molecular complexity index is 564. The lowest BCUT2D eigenvalue weighted by molar-refractivity contribution is -0.117. The molecule has 1 atom stereocenters. The minimum atomic E-state index is -0.525. The molecular weight excluding hydrogens is 214 g/mol. The van der Waals surface area contributed by atoms with Crippen molar-refractivity contribution in [2.75, 3.05) is 5.32 Å². The summed E-state index contributed by atoms with van der Waals surface area (Å²) in [5, 5.41) is 3.74. The van der Waals surface area contributed by atoms with E-state index in [0.29, 0.717) is 0 Å². The first kappa shape index (κ1) is 11.5. The predicted octanol–water partition coefficient (Wildman–Crippen LogP) is 1.83. The maximum absolute atomic E-state index is 11.6. The van der Waals surface area contributed by atoms with E-state index >= 15 is 0 Å². The Morgan fingerprint density at radius 3 is 2.88 bits per heavy atom. The summed E-state index contributed by atoms with van der Waals surface area (Å²) in [4.78, 5) is 15.9. The number of hydrogen-bond donors (Lipinski definition) is 2. The molecule has 2 rings (SSSR count). The summed E-state index contributed by atoms with van der Waals surface area (Å²) in [6, 6.07) is 7.07. The summed E-state index contributed by atoms with van der Waals surface area (Å²) < 4.78 is 0. The summed E-state index contributed by atoms with van der Waals surface area (Å²) in [5.41, 5.74) is 8.26. The first-order valence-electron chi connectivity index (χ1n) is 5.50. The zero-order chi connectivity index (χ0) is 12.4. The van der Waals surface area contributed by atoms with Gasteiger partial charge in [-0.05, 0) is 37.6 Å². The van der Waals surface area contributed by atoms with Crippen LogP contribution in [0, 0.1) is 6.92 Å². The topological polar surface area (TPSA) is 68.0 Å². The molecule has 2 aromatic rings. The number of anilines is 1. The second-order valence-corrected chi connectivity index (χ2v) is 4.11. The number of aromatic nitrogens is 1. The number of pyridine rings is 1. The van der Waals surface area contributed by atoms with E-state index in [2.05, 4.69) is 10.3 Å². The lowest BCUT2D eigenvalue weighted by atomic mass is 10.1. The summed E-state index contributed by atoms with van der Waals surface area (Å²) in [6.07, 6.45) is 1.74. The van der Waals surface area contributed by atoms with Crippen molar-refractivity contribution in [3.05, 3.63) is 36.0 Å². The number of nitrogens with two attached hydrogens (primary N) is 1. The first-order chi connectivity index (χ1) is 8.09. The molecule has 0 saturated carbocycles. The number of nitrogens with zero attached hydrogens (tertiary/aromatic N) is 1. The molecule has 1 aromatic heterocycles. The molecule has 3 N–H and O–H groups in total. The molecule has 88 valence electrons. The van der Waals surface area contributed by atoms with Crippen LogP contribution >= 0.6 is 0 Å². The molecule has 17 heavy (non-hydrogen) atoms. The molecular formula is C13H15N3O. The monoisotopic (exact) mass is 229 g/mol. The van der Waals surface area contributed by atoms with Crippen LogP contribution in [-0.4, -0.2) is 16.9 Å². The lowest BCUT2D eigenvalue weighted by Gasteiger charge is -2.11. The Hall–Kier alpha value is -1.94. The number of carbonyl (C=O) groups is 1. The minimum absolute atomic E-state index is 0.195.